The summed E-state index contributed by atoms with van der Waals surface area (Å²) >= 11 is 4.14. The van der Waals surface area contributed by atoms with Crippen LogP contribution in [0, 0.1) is 0 Å². The molecule has 8 heteroatoms. The standard InChI is InChI=1S/C12H10BrNO4S2/c13-9-6-7-19-12(9)20(17,18)14-10(11(15)16)8-4-2-1-3-5-8/h1-7,10,14H,(H,15,16). The monoisotopic (exact) mass is 375 g/mol. The minimum Gasteiger partial charge on any atom is -0.480 e. The first-order chi connectivity index (χ1) is 9.42. The molecule has 1 aromatic heterocycles. The van der Waals surface area contributed by atoms with Crippen LogP contribution in [0.25, 0.3) is 0 Å². The lowest BCUT2D eigenvalue weighted by Gasteiger charge is -2.14. The molecule has 2 rings (SSSR count). The number of hydrogen-bond acceptors (Lipinski definition) is 4. The maximum Gasteiger partial charge on any atom is 0.326 e. The predicted molar refractivity (Wildman–Crippen MR) is 79.2 cm³/mol. The molecule has 0 aliphatic rings. The second kappa shape index (κ2) is 6.04. The van der Waals surface area contributed by atoms with Crippen molar-refractivity contribution in [3.8, 4) is 0 Å². The van der Waals surface area contributed by atoms with Gasteiger partial charge in [0.1, 0.15) is 10.3 Å². The molecule has 1 atom stereocenters. The second-order valence-electron chi connectivity index (χ2n) is 3.86. The van der Waals surface area contributed by atoms with E-state index >= 15 is 0 Å². The lowest BCUT2D eigenvalue weighted by molar-refractivity contribution is -0.139. The van der Waals surface area contributed by atoms with Crippen molar-refractivity contribution in [2.45, 2.75) is 10.3 Å². The van der Waals surface area contributed by atoms with E-state index in [9.17, 15) is 18.3 Å². The molecule has 106 valence electrons. The molecule has 0 bridgehead atoms. The van der Waals surface area contributed by atoms with E-state index < -0.39 is 22.0 Å². The van der Waals surface area contributed by atoms with E-state index in [0.717, 1.165) is 11.3 Å². The van der Waals surface area contributed by atoms with Crippen LogP contribution in [0.1, 0.15) is 11.6 Å². The van der Waals surface area contributed by atoms with Gasteiger partial charge in [0.2, 0.25) is 0 Å². The normalized spacial score (nSPS) is 13.1. The molecule has 0 aliphatic carbocycles. The minimum atomic E-state index is -3.90. The maximum atomic E-state index is 12.2. The molecule has 0 spiro atoms. The first-order valence-electron chi connectivity index (χ1n) is 5.45. The van der Waals surface area contributed by atoms with Gasteiger partial charge in [-0.3, -0.25) is 4.79 Å². The third-order valence-electron chi connectivity index (χ3n) is 2.48. The van der Waals surface area contributed by atoms with Gasteiger partial charge in [-0.25, -0.2) is 8.42 Å². The van der Waals surface area contributed by atoms with Gasteiger partial charge in [-0.2, -0.15) is 4.72 Å². The molecule has 2 aromatic rings. The molecule has 1 heterocycles. The van der Waals surface area contributed by atoms with Gasteiger partial charge in [0.25, 0.3) is 10.0 Å². The first kappa shape index (κ1) is 15.2. The number of nitrogens with one attached hydrogen (secondary N) is 1. The zero-order valence-corrected chi connectivity index (χ0v) is 13.2. The van der Waals surface area contributed by atoms with Gasteiger partial charge in [0, 0.05) is 4.47 Å². The molecular formula is C12H10BrNO4S2. The Bertz CT molecular complexity index is 712. The number of halogens is 1. The molecule has 2 N–H and O–H groups in total. The second-order valence-corrected chi connectivity index (χ2v) is 7.54. The van der Waals surface area contributed by atoms with Crippen molar-refractivity contribution in [3.63, 3.8) is 0 Å². The van der Waals surface area contributed by atoms with E-state index in [1.54, 1.807) is 41.8 Å². The Kier molecular flexibility index (Phi) is 4.59. The largest absolute Gasteiger partial charge is 0.480 e. The van der Waals surface area contributed by atoms with Crippen LogP contribution in [0.3, 0.4) is 0 Å². The van der Waals surface area contributed by atoms with Gasteiger partial charge in [-0.1, -0.05) is 30.3 Å². The molecule has 5 nitrogen and oxygen atoms in total. The van der Waals surface area contributed by atoms with E-state index in [-0.39, 0.29) is 4.21 Å². The SMILES string of the molecule is O=C(O)C(NS(=O)(=O)c1sccc1Br)c1ccccc1. The summed E-state index contributed by atoms with van der Waals surface area (Å²) in [6.45, 7) is 0. The highest BCUT2D eigenvalue weighted by Gasteiger charge is 2.28. The van der Waals surface area contributed by atoms with Crippen LogP contribution in [0.5, 0.6) is 0 Å². The lowest BCUT2D eigenvalue weighted by atomic mass is 10.1. The molecule has 0 saturated carbocycles. The van der Waals surface area contributed by atoms with Crippen molar-refractivity contribution < 1.29 is 18.3 Å². The summed E-state index contributed by atoms with van der Waals surface area (Å²) in [5.74, 6) is -1.26. The summed E-state index contributed by atoms with van der Waals surface area (Å²) < 4.78 is 27.1. The van der Waals surface area contributed by atoms with Crippen molar-refractivity contribution in [1.82, 2.24) is 4.72 Å². The van der Waals surface area contributed by atoms with Crippen molar-refractivity contribution in [2.75, 3.05) is 0 Å². The van der Waals surface area contributed by atoms with Gasteiger partial charge in [0.05, 0.1) is 0 Å². The van der Waals surface area contributed by atoms with E-state index in [4.69, 9.17) is 0 Å². The van der Waals surface area contributed by atoms with Crippen LogP contribution in [0.2, 0.25) is 0 Å². The summed E-state index contributed by atoms with van der Waals surface area (Å²) in [6.07, 6.45) is 0. The lowest BCUT2D eigenvalue weighted by Crippen LogP contribution is -2.33. The number of carbonyl (C=O) groups is 1. The van der Waals surface area contributed by atoms with Crippen LogP contribution in [-0.4, -0.2) is 19.5 Å². The molecule has 0 aliphatic heterocycles. The molecule has 0 saturated heterocycles. The van der Waals surface area contributed by atoms with Gasteiger partial charge in [-0.15, -0.1) is 11.3 Å². The number of carboxylic acids is 1. The van der Waals surface area contributed by atoms with E-state index in [0.29, 0.717) is 10.0 Å². The summed E-state index contributed by atoms with van der Waals surface area (Å²) in [4.78, 5) is 11.3. The Morgan fingerprint density at radius 1 is 1.25 bits per heavy atom. The first-order valence-corrected chi connectivity index (χ1v) is 8.60. The Balaban J connectivity index is 2.35. The number of sulfonamides is 1. The predicted octanol–water partition coefficient (Wildman–Crippen LogP) is 2.61. The third-order valence-corrected chi connectivity index (χ3v) is 6.57. The van der Waals surface area contributed by atoms with Crippen LogP contribution in [0.15, 0.2) is 50.5 Å². The number of thiophene rings is 1. The van der Waals surface area contributed by atoms with Crippen molar-refractivity contribution in [2.24, 2.45) is 0 Å². The Hall–Kier alpha value is -1.22. The van der Waals surface area contributed by atoms with Crippen LogP contribution < -0.4 is 4.72 Å². The average molecular weight is 376 g/mol. The van der Waals surface area contributed by atoms with Gasteiger partial charge in [-0.05, 0) is 32.9 Å². The third kappa shape index (κ3) is 3.26. The molecule has 1 unspecified atom stereocenters. The molecular weight excluding hydrogens is 366 g/mol. The van der Waals surface area contributed by atoms with Crippen molar-refractivity contribution in [1.29, 1.82) is 0 Å². The Morgan fingerprint density at radius 2 is 1.90 bits per heavy atom. The smallest absolute Gasteiger partial charge is 0.326 e. The number of rotatable bonds is 5. The summed E-state index contributed by atoms with van der Waals surface area (Å²) in [6, 6.07) is 8.43. The number of carboxylic acid groups (broad SMARTS) is 1. The van der Waals surface area contributed by atoms with Gasteiger partial charge >= 0.3 is 5.97 Å². The summed E-state index contributed by atoms with van der Waals surface area (Å²) in [7, 11) is -3.90. The van der Waals surface area contributed by atoms with Gasteiger partial charge < -0.3 is 5.11 Å². The fraction of sp³-hybridized carbons (Fsp3) is 0.0833. The highest BCUT2D eigenvalue weighted by atomic mass is 79.9. The van der Waals surface area contributed by atoms with Crippen LogP contribution in [0.4, 0.5) is 0 Å². The fourth-order valence-electron chi connectivity index (χ4n) is 1.59. The Morgan fingerprint density at radius 3 is 2.40 bits per heavy atom. The zero-order chi connectivity index (χ0) is 14.8. The van der Waals surface area contributed by atoms with Crippen LogP contribution in [-0.2, 0) is 14.8 Å². The van der Waals surface area contributed by atoms with Crippen molar-refractivity contribution in [3.05, 3.63) is 51.8 Å². The van der Waals surface area contributed by atoms with Gasteiger partial charge in [0.15, 0.2) is 0 Å². The van der Waals surface area contributed by atoms with Crippen molar-refractivity contribution >= 4 is 43.3 Å². The van der Waals surface area contributed by atoms with Crippen LogP contribution >= 0.6 is 27.3 Å². The topological polar surface area (TPSA) is 83.5 Å². The number of aliphatic carboxylic acids is 1. The maximum absolute atomic E-state index is 12.2. The fourth-order valence-corrected chi connectivity index (χ4v) is 5.12. The Labute approximate surface area is 128 Å². The van der Waals surface area contributed by atoms with E-state index in [1.165, 1.54) is 0 Å². The van der Waals surface area contributed by atoms with E-state index in [1.807, 2.05) is 0 Å². The molecule has 20 heavy (non-hydrogen) atoms. The zero-order valence-electron chi connectivity index (χ0n) is 9.99. The number of benzene rings is 1. The summed E-state index contributed by atoms with van der Waals surface area (Å²) in [5, 5.41) is 10.8. The molecule has 0 amide bonds. The summed E-state index contributed by atoms with van der Waals surface area (Å²) in [5.41, 5.74) is 0.372. The highest BCUT2D eigenvalue weighted by Crippen LogP contribution is 2.28. The average Bonchev–Trinajstić information content (AvgIpc) is 2.84. The van der Waals surface area contributed by atoms with E-state index in [2.05, 4.69) is 20.7 Å². The molecule has 0 radical (unpaired) electrons. The number of hydrogen-bond donors (Lipinski definition) is 2. The quantitative estimate of drug-likeness (QED) is 0.840. The molecule has 1 aromatic carbocycles. The minimum absolute atomic E-state index is 0.0553. The highest BCUT2D eigenvalue weighted by molar-refractivity contribution is 9.10. The molecule has 0 fully saturated rings.